The second kappa shape index (κ2) is 8.28. The highest BCUT2D eigenvalue weighted by Crippen LogP contribution is 2.37. The number of carbonyl (C=O) groups is 1. The average molecular weight is 478 g/mol. The van der Waals surface area contributed by atoms with Crippen molar-refractivity contribution in [3.63, 3.8) is 0 Å². The molecule has 1 fully saturated rings. The van der Waals surface area contributed by atoms with E-state index in [1.54, 1.807) is 0 Å². The van der Waals surface area contributed by atoms with Gasteiger partial charge in [0.05, 0.1) is 16.0 Å². The molecule has 1 aliphatic heterocycles. The van der Waals surface area contributed by atoms with E-state index in [2.05, 4.69) is 10.3 Å². The number of nitrogens with two attached hydrogens (primary N) is 1. The highest BCUT2D eigenvalue weighted by Gasteiger charge is 2.42. The van der Waals surface area contributed by atoms with Crippen LogP contribution in [-0.4, -0.2) is 38.3 Å². The lowest BCUT2D eigenvalue weighted by molar-refractivity contribution is -0.137. The smallest absolute Gasteiger partial charge is 0.355 e. The number of anilines is 2. The van der Waals surface area contributed by atoms with Crippen molar-refractivity contribution in [3.05, 3.63) is 47.7 Å². The van der Waals surface area contributed by atoms with E-state index in [-0.39, 0.29) is 29.5 Å². The van der Waals surface area contributed by atoms with E-state index >= 15 is 0 Å². The number of rotatable bonds is 4. The van der Waals surface area contributed by atoms with E-state index in [1.807, 2.05) is 0 Å². The number of benzene rings is 1. The molecule has 0 bridgehead atoms. The quantitative estimate of drug-likeness (QED) is 0.655. The van der Waals surface area contributed by atoms with Crippen LogP contribution in [0.15, 0.2) is 41.4 Å². The molecule has 1 aromatic heterocycles. The maximum atomic E-state index is 13.9. The van der Waals surface area contributed by atoms with Crippen molar-refractivity contribution in [2.24, 2.45) is 11.1 Å². The molecule has 1 unspecified atom stereocenters. The maximum Gasteiger partial charge on any atom is 0.417 e. The fraction of sp³-hybridized carbons (Fsp3) is 0.368. The fourth-order valence-corrected chi connectivity index (χ4v) is 3.82. The summed E-state index contributed by atoms with van der Waals surface area (Å²) in [6, 6.07) is 5.40. The molecular weight excluding hydrogens is 459 g/mol. The lowest BCUT2D eigenvalue weighted by Gasteiger charge is -2.38. The molecule has 0 aliphatic carbocycles. The van der Waals surface area contributed by atoms with Crippen molar-refractivity contribution in [2.45, 2.75) is 30.3 Å². The van der Waals surface area contributed by atoms with Gasteiger partial charge in [0.15, 0.2) is 0 Å². The standard InChI is InChI=1S/C19H19F5N4O3S/c1-11-10-28(6-5-18(11,20)21)16-15(7-12(9-26-16)19(22,23)24)17(29)27-13-3-2-4-14(8-13)32(25,30)31/h2-4,7-9,11H,5-6,10H2,1H3,(H,27,29)(H2,25,30,31). The number of nitrogens with one attached hydrogen (secondary N) is 1. The van der Waals surface area contributed by atoms with Crippen molar-refractivity contribution >= 4 is 27.4 Å². The first-order chi connectivity index (χ1) is 14.7. The summed E-state index contributed by atoms with van der Waals surface area (Å²) in [5.74, 6) is -5.25. The SMILES string of the molecule is CC1CN(c2ncc(C(F)(F)F)cc2C(=O)Nc2cccc(S(N)(=O)=O)c2)CCC1(F)F. The van der Waals surface area contributed by atoms with Gasteiger partial charge in [-0.3, -0.25) is 4.79 Å². The first-order valence-electron chi connectivity index (χ1n) is 9.33. The minimum absolute atomic E-state index is 0.0385. The van der Waals surface area contributed by atoms with E-state index in [1.165, 1.54) is 30.0 Å². The van der Waals surface area contributed by atoms with E-state index in [9.17, 15) is 35.2 Å². The van der Waals surface area contributed by atoms with Crippen LogP contribution in [-0.2, 0) is 16.2 Å². The van der Waals surface area contributed by atoms with Gasteiger partial charge in [-0.2, -0.15) is 13.2 Å². The zero-order chi connectivity index (χ0) is 23.9. The summed E-state index contributed by atoms with van der Waals surface area (Å²) in [5, 5.41) is 7.36. The third-order valence-electron chi connectivity index (χ3n) is 5.09. The van der Waals surface area contributed by atoms with E-state index in [4.69, 9.17) is 5.14 Å². The van der Waals surface area contributed by atoms with Gasteiger partial charge in [0.1, 0.15) is 5.82 Å². The van der Waals surface area contributed by atoms with Gasteiger partial charge in [0.2, 0.25) is 10.0 Å². The number of piperidine rings is 1. The molecule has 1 atom stereocenters. The summed E-state index contributed by atoms with van der Waals surface area (Å²) in [4.78, 5) is 17.6. The molecule has 0 saturated carbocycles. The topological polar surface area (TPSA) is 105 Å². The number of carbonyl (C=O) groups excluding carboxylic acids is 1. The Hall–Kier alpha value is -2.80. The van der Waals surface area contributed by atoms with Crippen LogP contribution in [0.1, 0.15) is 29.3 Å². The van der Waals surface area contributed by atoms with Gasteiger partial charge in [0.25, 0.3) is 11.8 Å². The summed E-state index contributed by atoms with van der Waals surface area (Å²) < 4.78 is 90.4. The van der Waals surface area contributed by atoms with Gasteiger partial charge in [-0.25, -0.2) is 27.3 Å². The molecule has 0 spiro atoms. The minimum Gasteiger partial charge on any atom is -0.355 e. The molecule has 174 valence electrons. The zero-order valence-corrected chi connectivity index (χ0v) is 17.5. The molecule has 2 heterocycles. The Kier molecular flexibility index (Phi) is 6.17. The molecule has 32 heavy (non-hydrogen) atoms. The van der Waals surface area contributed by atoms with Crippen molar-refractivity contribution in [3.8, 4) is 0 Å². The van der Waals surface area contributed by atoms with Crippen LogP contribution in [0, 0.1) is 5.92 Å². The number of aromatic nitrogens is 1. The lowest BCUT2D eigenvalue weighted by Crippen LogP contribution is -2.46. The lowest BCUT2D eigenvalue weighted by atomic mass is 9.95. The van der Waals surface area contributed by atoms with Crippen LogP contribution in [0.3, 0.4) is 0 Å². The van der Waals surface area contributed by atoms with Gasteiger partial charge in [-0.1, -0.05) is 13.0 Å². The molecule has 2 aromatic rings. The van der Waals surface area contributed by atoms with Gasteiger partial charge in [-0.15, -0.1) is 0 Å². The number of alkyl halides is 5. The van der Waals surface area contributed by atoms with Crippen LogP contribution in [0.4, 0.5) is 33.5 Å². The number of nitrogens with zero attached hydrogens (tertiary/aromatic N) is 2. The number of hydrogen-bond donors (Lipinski definition) is 2. The predicted molar refractivity (Wildman–Crippen MR) is 106 cm³/mol. The Bertz CT molecular complexity index is 1140. The van der Waals surface area contributed by atoms with Crippen molar-refractivity contribution in [2.75, 3.05) is 23.3 Å². The van der Waals surface area contributed by atoms with Gasteiger partial charge < -0.3 is 10.2 Å². The molecule has 7 nitrogen and oxygen atoms in total. The van der Waals surface area contributed by atoms with Crippen molar-refractivity contribution < 1.29 is 35.2 Å². The van der Waals surface area contributed by atoms with Crippen LogP contribution >= 0.6 is 0 Å². The Morgan fingerprint density at radius 3 is 2.56 bits per heavy atom. The number of amides is 1. The summed E-state index contributed by atoms with van der Waals surface area (Å²) in [6.07, 6.45) is -4.81. The number of sulfonamides is 1. The van der Waals surface area contributed by atoms with Crippen LogP contribution in [0.5, 0.6) is 0 Å². The number of hydrogen-bond acceptors (Lipinski definition) is 5. The third kappa shape index (κ3) is 5.15. The summed E-state index contributed by atoms with van der Waals surface area (Å²) in [6.45, 7) is 0.873. The maximum absolute atomic E-state index is 13.9. The first kappa shape index (κ1) is 23.9. The fourth-order valence-electron chi connectivity index (χ4n) is 3.26. The Morgan fingerprint density at radius 1 is 1.28 bits per heavy atom. The number of primary sulfonamides is 1. The molecular formula is C19H19F5N4O3S. The van der Waals surface area contributed by atoms with Crippen molar-refractivity contribution in [1.29, 1.82) is 0 Å². The highest BCUT2D eigenvalue weighted by atomic mass is 32.2. The van der Waals surface area contributed by atoms with Crippen LogP contribution < -0.4 is 15.4 Å². The Balaban J connectivity index is 1.99. The summed E-state index contributed by atoms with van der Waals surface area (Å²) in [7, 11) is -4.09. The van der Waals surface area contributed by atoms with Gasteiger partial charge >= 0.3 is 6.18 Å². The van der Waals surface area contributed by atoms with Gasteiger partial charge in [-0.05, 0) is 24.3 Å². The monoisotopic (exact) mass is 478 g/mol. The molecule has 0 radical (unpaired) electrons. The molecule has 3 N–H and O–H groups in total. The largest absolute Gasteiger partial charge is 0.417 e. The highest BCUT2D eigenvalue weighted by molar-refractivity contribution is 7.89. The van der Waals surface area contributed by atoms with E-state index < -0.39 is 51.5 Å². The zero-order valence-electron chi connectivity index (χ0n) is 16.7. The predicted octanol–water partition coefficient (Wildman–Crippen LogP) is 3.48. The third-order valence-corrected chi connectivity index (χ3v) is 6.00. The van der Waals surface area contributed by atoms with Crippen LogP contribution in [0.25, 0.3) is 0 Å². The normalized spacial score (nSPS) is 19.0. The van der Waals surface area contributed by atoms with E-state index in [0.29, 0.717) is 12.3 Å². The Labute approximate surface area is 180 Å². The second-order valence-electron chi connectivity index (χ2n) is 7.48. The molecule has 1 aliphatic rings. The molecule has 1 aromatic carbocycles. The van der Waals surface area contributed by atoms with Crippen LogP contribution in [0.2, 0.25) is 0 Å². The molecule has 1 saturated heterocycles. The first-order valence-corrected chi connectivity index (χ1v) is 10.9. The van der Waals surface area contributed by atoms with Crippen molar-refractivity contribution in [1.82, 2.24) is 4.98 Å². The van der Waals surface area contributed by atoms with Gasteiger partial charge in [0, 0.05) is 37.3 Å². The average Bonchev–Trinajstić information content (AvgIpc) is 2.68. The summed E-state index contributed by atoms with van der Waals surface area (Å²) >= 11 is 0. The van der Waals surface area contributed by atoms with E-state index in [0.717, 1.165) is 6.07 Å². The molecule has 13 heteroatoms. The number of pyridine rings is 1. The number of halogens is 5. The Morgan fingerprint density at radius 2 is 1.97 bits per heavy atom. The molecule has 3 rings (SSSR count). The minimum atomic E-state index is -4.80. The summed E-state index contributed by atoms with van der Waals surface area (Å²) in [5.41, 5.74) is -1.72. The second-order valence-corrected chi connectivity index (χ2v) is 9.04. The molecule has 1 amide bonds.